The van der Waals surface area contributed by atoms with Gasteiger partial charge in [-0.1, -0.05) is 6.42 Å². The largest absolute Gasteiger partial charge is 0.497 e. The molecular weight excluding hydrogens is 336 g/mol. The van der Waals surface area contributed by atoms with Crippen LogP contribution in [0.25, 0.3) is 0 Å². The van der Waals surface area contributed by atoms with Crippen LogP contribution >= 0.6 is 11.3 Å². The minimum atomic E-state index is -0.302. The molecule has 0 bridgehead atoms. The number of benzene rings is 1. The summed E-state index contributed by atoms with van der Waals surface area (Å²) >= 11 is 1.52. The second kappa shape index (κ2) is 7.58. The number of rotatable bonds is 4. The number of hydrogen-bond donors (Lipinski definition) is 1. The highest BCUT2D eigenvalue weighted by Gasteiger charge is 2.22. The molecule has 1 aliphatic carbocycles. The summed E-state index contributed by atoms with van der Waals surface area (Å²) in [6.45, 7) is 0. The van der Waals surface area contributed by atoms with E-state index in [1.165, 1.54) is 29.7 Å². The summed E-state index contributed by atoms with van der Waals surface area (Å²) in [6, 6.07) is 7.35. The van der Waals surface area contributed by atoms with Crippen molar-refractivity contribution in [3.8, 4) is 17.6 Å². The summed E-state index contributed by atoms with van der Waals surface area (Å²) in [5.41, 5.74) is 2.10. The van der Waals surface area contributed by atoms with Crippen molar-refractivity contribution < 1.29 is 14.3 Å². The molecule has 0 aliphatic heterocycles. The molecule has 0 saturated carbocycles. The summed E-state index contributed by atoms with van der Waals surface area (Å²) in [4.78, 5) is 14.0. The van der Waals surface area contributed by atoms with Gasteiger partial charge in [0, 0.05) is 4.88 Å². The van der Waals surface area contributed by atoms with Crippen LogP contribution in [0.3, 0.4) is 0 Å². The van der Waals surface area contributed by atoms with E-state index in [1.54, 1.807) is 25.3 Å². The third-order valence-corrected chi connectivity index (χ3v) is 5.62. The quantitative estimate of drug-likeness (QED) is 0.835. The van der Waals surface area contributed by atoms with Gasteiger partial charge in [-0.2, -0.15) is 5.26 Å². The number of amides is 1. The van der Waals surface area contributed by atoms with Gasteiger partial charge in [0.1, 0.15) is 22.6 Å². The number of carbonyl (C=O) groups excluding carboxylic acids is 1. The van der Waals surface area contributed by atoms with Gasteiger partial charge in [-0.3, -0.25) is 4.79 Å². The summed E-state index contributed by atoms with van der Waals surface area (Å²) < 4.78 is 10.5. The number of nitriles is 1. The molecule has 1 aromatic heterocycles. The maximum Gasteiger partial charge on any atom is 0.260 e. The maximum absolute atomic E-state index is 12.8. The Labute approximate surface area is 151 Å². The number of carbonyl (C=O) groups is 1. The lowest BCUT2D eigenvalue weighted by molar-refractivity contribution is 0.102. The summed E-state index contributed by atoms with van der Waals surface area (Å²) in [5.74, 6) is 0.743. The average Bonchev–Trinajstić information content (AvgIpc) is 2.80. The van der Waals surface area contributed by atoms with E-state index in [9.17, 15) is 10.1 Å². The van der Waals surface area contributed by atoms with Crippen LogP contribution in [-0.2, 0) is 12.8 Å². The van der Waals surface area contributed by atoms with Crippen LogP contribution in [-0.4, -0.2) is 20.1 Å². The van der Waals surface area contributed by atoms with Gasteiger partial charge in [-0.05, 0) is 49.4 Å². The number of anilines is 1. The molecule has 1 heterocycles. The van der Waals surface area contributed by atoms with Crippen molar-refractivity contribution in [2.45, 2.75) is 32.1 Å². The van der Waals surface area contributed by atoms with Crippen molar-refractivity contribution in [3.05, 3.63) is 39.8 Å². The monoisotopic (exact) mass is 356 g/mol. The lowest BCUT2D eigenvalue weighted by Crippen LogP contribution is -2.13. The first-order chi connectivity index (χ1) is 12.2. The molecule has 3 rings (SSSR count). The van der Waals surface area contributed by atoms with E-state index in [0.29, 0.717) is 27.6 Å². The zero-order valence-corrected chi connectivity index (χ0v) is 15.2. The van der Waals surface area contributed by atoms with Crippen molar-refractivity contribution >= 4 is 22.2 Å². The number of nitrogens with zero attached hydrogens (tertiary/aromatic N) is 1. The number of fused-ring (bicyclic) bond motifs is 1. The first-order valence-electron chi connectivity index (χ1n) is 8.26. The van der Waals surface area contributed by atoms with Crippen LogP contribution in [0.5, 0.6) is 11.5 Å². The van der Waals surface area contributed by atoms with Crippen LogP contribution in [0.2, 0.25) is 0 Å². The molecule has 1 amide bonds. The summed E-state index contributed by atoms with van der Waals surface area (Å²) in [7, 11) is 3.07. The Hall–Kier alpha value is -2.52. The minimum Gasteiger partial charge on any atom is -0.497 e. The van der Waals surface area contributed by atoms with Crippen LogP contribution in [0.1, 0.15) is 45.6 Å². The highest BCUT2D eigenvalue weighted by molar-refractivity contribution is 7.16. The molecule has 130 valence electrons. The smallest absolute Gasteiger partial charge is 0.260 e. The maximum atomic E-state index is 12.8. The van der Waals surface area contributed by atoms with E-state index in [0.717, 1.165) is 31.2 Å². The van der Waals surface area contributed by atoms with Crippen molar-refractivity contribution in [2.75, 3.05) is 19.5 Å². The van der Waals surface area contributed by atoms with E-state index in [1.807, 2.05) is 0 Å². The Kier molecular flexibility index (Phi) is 5.25. The molecule has 0 spiro atoms. The summed E-state index contributed by atoms with van der Waals surface area (Å²) in [5, 5.41) is 13.1. The van der Waals surface area contributed by atoms with E-state index >= 15 is 0 Å². The van der Waals surface area contributed by atoms with E-state index in [2.05, 4.69) is 11.4 Å². The van der Waals surface area contributed by atoms with Crippen LogP contribution in [0.15, 0.2) is 18.2 Å². The van der Waals surface area contributed by atoms with Gasteiger partial charge >= 0.3 is 0 Å². The van der Waals surface area contributed by atoms with Gasteiger partial charge < -0.3 is 14.8 Å². The molecule has 2 aromatic rings. The number of thiophene rings is 1. The Balaban J connectivity index is 1.93. The lowest BCUT2D eigenvalue weighted by atomic mass is 10.1. The van der Waals surface area contributed by atoms with Gasteiger partial charge in [-0.15, -0.1) is 11.3 Å². The molecule has 0 atom stereocenters. The zero-order chi connectivity index (χ0) is 17.8. The van der Waals surface area contributed by atoms with Crippen molar-refractivity contribution in [1.82, 2.24) is 0 Å². The number of nitrogens with one attached hydrogen (secondary N) is 1. The SMILES string of the molecule is COc1ccc(OC)c(C(=O)Nc2sc3c(c2C#N)CCCCC3)c1. The number of aryl methyl sites for hydroxylation is 1. The molecule has 1 aromatic carbocycles. The standard InChI is InChI=1S/C19H20N2O3S/c1-23-12-8-9-16(24-2)14(10-12)18(22)21-19-15(11-20)13-6-4-3-5-7-17(13)25-19/h8-10H,3-7H2,1-2H3,(H,21,22). The molecular formula is C19H20N2O3S. The molecule has 1 aliphatic rings. The second-order valence-corrected chi connectivity index (χ2v) is 7.01. The fourth-order valence-electron chi connectivity index (χ4n) is 3.11. The predicted molar refractivity (Wildman–Crippen MR) is 97.8 cm³/mol. The fraction of sp³-hybridized carbons (Fsp3) is 0.368. The predicted octanol–water partition coefficient (Wildman–Crippen LogP) is 4.16. The van der Waals surface area contributed by atoms with Crippen LogP contribution in [0, 0.1) is 11.3 Å². The van der Waals surface area contributed by atoms with Crippen LogP contribution in [0.4, 0.5) is 5.00 Å². The topological polar surface area (TPSA) is 71.3 Å². The van der Waals surface area contributed by atoms with E-state index < -0.39 is 0 Å². The molecule has 0 unspecified atom stereocenters. The van der Waals surface area contributed by atoms with Crippen LogP contribution < -0.4 is 14.8 Å². The zero-order valence-electron chi connectivity index (χ0n) is 14.3. The molecule has 1 N–H and O–H groups in total. The third-order valence-electron chi connectivity index (χ3n) is 4.41. The summed E-state index contributed by atoms with van der Waals surface area (Å²) in [6.07, 6.45) is 5.31. The Morgan fingerprint density at radius 1 is 1.20 bits per heavy atom. The van der Waals surface area contributed by atoms with Crippen molar-refractivity contribution in [1.29, 1.82) is 5.26 Å². The van der Waals surface area contributed by atoms with Gasteiger partial charge in [0.15, 0.2) is 0 Å². The van der Waals surface area contributed by atoms with Gasteiger partial charge in [0.05, 0.1) is 25.3 Å². The lowest BCUT2D eigenvalue weighted by Gasteiger charge is -2.10. The fourth-order valence-corrected chi connectivity index (χ4v) is 4.35. The first kappa shape index (κ1) is 17.3. The van der Waals surface area contributed by atoms with Crippen molar-refractivity contribution in [3.63, 3.8) is 0 Å². The second-order valence-electron chi connectivity index (χ2n) is 5.90. The third kappa shape index (κ3) is 3.47. The highest BCUT2D eigenvalue weighted by Crippen LogP contribution is 2.37. The number of ether oxygens (including phenoxy) is 2. The highest BCUT2D eigenvalue weighted by atomic mass is 32.1. The normalized spacial score (nSPS) is 13.3. The molecule has 6 heteroatoms. The number of hydrogen-bond acceptors (Lipinski definition) is 5. The molecule has 25 heavy (non-hydrogen) atoms. The Morgan fingerprint density at radius 3 is 2.72 bits per heavy atom. The number of methoxy groups -OCH3 is 2. The molecule has 0 fully saturated rings. The van der Waals surface area contributed by atoms with Gasteiger partial charge in [0.25, 0.3) is 5.91 Å². The van der Waals surface area contributed by atoms with E-state index in [-0.39, 0.29) is 5.91 Å². The molecule has 0 radical (unpaired) electrons. The molecule has 5 nitrogen and oxygen atoms in total. The Bertz CT molecular complexity index is 836. The first-order valence-corrected chi connectivity index (χ1v) is 9.07. The molecule has 0 saturated heterocycles. The van der Waals surface area contributed by atoms with Crippen molar-refractivity contribution in [2.24, 2.45) is 0 Å². The van der Waals surface area contributed by atoms with E-state index in [4.69, 9.17) is 9.47 Å². The minimum absolute atomic E-state index is 0.302. The van der Waals surface area contributed by atoms with Gasteiger partial charge in [-0.25, -0.2) is 0 Å². The average molecular weight is 356 g/mol. The van der Waals surface area contributed by atoms with Gasteiger partial charge in [0.2, 0.25) is 0 Å². The Morgan fingerprint density at radius 2 is 2.00 bits per heavy atom.